The van der Waals surface area contributed by atoms with Crippen molar-refractivity contribution in [2.45, 2.75) is 0 Å². The van der Waals surface area contributed by atoms with E-state index in [1.54, 1.807) is 4.80 Å². The molecule has 0 bridgehead atoms. The van der Waals surface area contributed by atoms with Gasteiger partial charge in [0.05, 0.1) is 22.7 Å². The molecule has 1 aromatic heterocycles. The van der Waals surface area contributed by atoms with Crippen molar-refractivity contribution in [2.75, 3.05) is 4.90 Å². The number of hydrogen-bond donors (Lipinski definition) is 0. The van der Waals surface area contributed by atoms with Gasteiger partial charge in [0.1, 0.15) is 11.0 Å². The highest BCUT2D eigenvalue weighted by molar-refractivity contribution is 6.07. The summed E-state index contributed by atoms with van der Waals surface area (Å²) in [6, 6.07) is 37.7. The van der Waals surface area contributed by atoms with E-state index in [0.29, 0.717) is 0 Å². The van der Waals surface area contributed by atoms with Gasteiger partial charge in [0.15, 0.2) is 0 Å². The molecule has 1 aliphatic rings. The molecule has 0 saturated heterocycles. The number of rotatable bonds is 2. The van der Waals surface area contributed by atoms with Crippen LogP contribution < -0.4 is 4.90 Å². The molecule has 4 nitrogen and oxygen atoms in total. The van der Waals surface area contributed by atoms with Crippen molar-refractivity contribution in [1.29, 1.82) is 0 Å². The van der Waals surface area contributed by atoms with Crippen LogP contribution in [-0.4, -0.2) is 15.0 Å². The van der Waals surface area contributed by atoms with Crippen molar-refractivity contribution in [1.82, 2.24) is 15.0 Å². The Hall–Kier alpha value is -4.70. The van der Waals surface area contributed by atoms with Gasteiger partial charge in [-0.1, -0.05) is 79.4 Å². The normalized spacial score (nSPS) is 12.7. The summed E-state index contributed by atoms with van der Waals surface area (Å²) < 4.78 is 0. The number of fused-ring (bicyclic) bond motifs is 4. The van der Waals surface area contributed by atoms with Crippen molar-refractivity contribution in [3.05, 3.63) is 127 Å². The molecule has 7 rings (SSSR count). The Morgan fingerprint density at radius 1 is 0.471 bits per heavy atom. The maximum Gasteiger partial charge on any atom is 0.113 e. The zero-order valence-corrected chi connectivity index (χ0v) is 18.4. The molecule has 4 heteroatoms. The Morgan fingerprint density at radius 2 is 0.941 bits per heavy atom. The maximum absolute atomic E-state index is 4.74. The first-order valence-electron chi connectivity index (χ1n) is 11.3. The van der Waals surface area contributed by atoms with Crippen LogP contribution >= 0.6 is 0 Å². The number of anilines is 3. The lowest BCUT2D eigenvalue weighted by Gasteiger charge is -2.35. The molecular formula is C30H20N4. The van der Waals surface area contributed by atoms with Crippen LogP contribution in [0.1, 0.15) is 11.1 Å². The van der Waals surface area contributed by atoms with Crippen LogP contribution in [0.4, 0.5) is 17.1 Å². The van der Waals surface area contributed by atoms with Crippen LogP contribution in [0.2, 0.25) is 0 Å². The highest BCUT2D eigenvalue weighted by atomic mass is 15.5. The van der Waals surface area contributed by atoms with Crippen molar-refractivity contribution in [3.8, 4) is 5.69 Å². The zero-order chi connectivity index (χ0) is 22.6. The molecule has 1 aliphatic heterocycles. The van der Waals surface area contributed by atoms with Gasteiger partial charge >= 0.3 is 0 Å². The van der Waals surface area contributed by atoms with Gasteiger partial charge in [0.25, 0.3) is 0 Å². The molecule has 160 valence electrons. The van der Waals surface area contributed by atoms with Gasteiger partial charge in [-0.15, -0.1) is 15.0 Å². The molecule has 6 aromatic rings. The molecule has 0 atom stereocenters. The lowest BCUT2D eigenvalue weighted by molar-refractivity contribution is 0.771. The number of aromatic nitrogens is 3. The zero-order valence-electron chi connectivity index (χ0n) is 18.4. The molecule has 0 unspecified atom stereocenters. The number of nitrogens with zero attached hydrogens (tertiary/aromatic N) is 4. The average Bonchev–Trinajstić information content (AvgIpc) is 3.33. The fourth-order valence-electron chi connectivity index (χ4n) is 4.99. The van der Waals surface area contributed by atoms with E-state index in [1.807, 2.05) is 24.3 Å². The molecule has 0 saturated carbocycles. The molecule has 0 aliphatic carbocycles. The second-order valence-corrected chi connectivity index (χ2v) is 8.48. The molecule has 34 heavy (non-hydrogen) atoms. The van der Waals surface area contributed by atoms with Crippen LogP contribution in [0.5, 0.6) is 0 Å². The first kappa shape index (κ1) is 18.8. The highest BCUT2D eigenvalue weighted by Crippen LogP contribution is 2.49. The van der Waals surface area contributed by atoms with Crippen molar-refractivity contribution in [3.63, 3.8) is 0 Å². The minimum atomic E-state index is 0.882. The predicted octanol–water partition coefficient (Wildman–Crippen LogP) is 7.42. The fraction of sp³-hybridized carbons (Fsp3) is 0. The second kappa shape index (κ2) is 7.15. The first-order chi connectivity index (χ1) is 16.8. The van der Waals surface area contributed by atoms with Gasteiger partial charge < -0.3 is 4.90 Å². The summed E-state index contributed by atoms with van der Waals surface area (Å²) in [4.78, 5) is 4.09. The van der Waals surface area contributed by atoms with E-state index in [9.17, 15) is 0 Å². The van der Waals surface area contributed by atoms with Crippen molar-refractivity contribution < 1.29 is 0 Å². The monoisotopic (exact) mass is 436 g/mol. The van der Waals surface area contributed by atoms with Gasteiger partial charge in [-0.25, -0.2) is 0 Å². The van der Waals surface area contributed by atoms with E-state index in [-0.39, 0.29) is 0 Å². The third-order valence-corrected chi connectivity index (χ3v) is 6.56. The Bertz CT molecular complexity index is 1660. The molecule has 0 amide bonds. The summed E-state index contributed by atoms with van der Waals surface area (Å²) in [5.41, 5.74) is 9.45. The molecule has 0 fully saturated rings. The van der Waals surface area contributed by atoms with E-state index in [1.165, 1.54) is 0 Å². The summed E-state index contributed by atoms with van der Waals surface area (Å²) in [6.07, 6.45) is 0. The minimum Gasteiger partial charge on any atom is -0.309 e. The van der Waals surface area contributed by atoms with Crippen molar-refractivity contribution in [2.24, 2.45) is 0 Å². The predicted molar refractivity (Wildman–Crippen MR) is 139 cm³/mol. The van der Waals surface area contributed by atoms with Gasteiger partial charge in [-0.2, -0.15) is 0 Å². The third kappa shape index (κ3) is 2.66. The fourth-order valence-corrected chi connectivity index (χ4v) is 4.99. The summed E-state index contributed by atoms with van der Waals surface area (Å²) in [7, 11) is 0. The molecule has 0 spiro atoms. The van der Waals surface area contributed by atoms with Gasteiger partial charge in [-0.3, -0.25) is 0 Å². The topological polar surface area (TPSA) is 34.0 Å². The van der Waals surface area contributed by atoms with Crippen LogP contribution in [0, 0.1) is 0 Å². The van der Waals surface area contributed by atoms with Crippen LogP contribution in [0.15, 0.2) is 116 Å². The smallest absolute Gasteiger partial charge is 0.113 e. The Labute approximate surface area is 197 Å². The maximum atomic E-state index is 4.74. The largest absolute Gasteiger partial charge is 0.309 e. The standard InChI is InChI=1S/C30H20N4/c1-20-21-10-4-8-16-27(21)33(28-17-9-5-11-22(20)28)29-18-19-30(24-13-3-2-12-23(24)29)34-31-25-14-6-7-15-26(25)32-34/h2-19H,1H2. The van der Waals surface area contributed by atoms with Crippen LogP contribution in [0.25, 0.3) is 33.1 Å². The van der Waals surface area contributed by atoms with E-state index in [2.05, 4.69) is 96.4 Å². The second-order valence-electron chi connectivity index (χ2n) is 8.48. The van der Waals surface area contributed by atoms with Crippen LogP contribution in [0.3, 0.4) is 0 Å². The summed E-state index contributed by atoms with van der Waals surface area (Å²) >= 11 is 0. The minimum absolute atomic E-state index is 0.882. The molecule has 5 aromatic carbocycles. The number of benzene rings is 5. The molecule has 0 N–H and O–H groups in total. The highest BCUT2D eigenvalue weighted by Gasteiger charge is 2.27. The Kier molecular flexibility index (Phi) is 3.96. The lowest BCUT2D eigenvalue weighted by Crippen LogP contribution is -2.18. The van der Waals surface area contributed by atoms with Crippen molar-refractivity contribution >= 4 is 44.4 Å². The molecular weight excluding hydrogens is 416 g/mol. The number of hydrogen-bond acceptors (Lipinski definition) is 3. The average molecular weight is 437 g/mol. The Morgan fingerprint density at radius 3 is 1.56 bits per heavy atom. The molecule has 0 radical (unpaired) electrons. The van der Waals surface area contributed by atoms with E-state index in [4.69, 9.17) is 10.2 Å². The first-order valence-corrected chi connectivity index (χ1v) is 11.3. The summed E-state index contributed by atoms with van der Waals surface area (Å²) in [6.45, 7) is 4.42. The lowest BCUT2D eigenvalue weighted by atomic mass is 9.90. The summed E-state index contributed by atoms with van der Waals surface area (Å²) in [5.74, 6) is 0. The van der Waals surface area contributed by atoms with Gasteiger partial charge in [0, 0.05) is 21.9 Å². The van der Waals surface area contributed by atoms with E-state index in [0.717, 1.165) is 61.3 Å². The summed E-state index contributed by atoms with van der Waals surface area (Å²) in [5, 5.41) is 11.7. The SMILES string of the molecule is C=C1c2ccccc2N(c2ccc(-n3nc4ccccc4n3)c3ccccc23)c2ccccc21. The van der Waals surface area contributed by atoms with Crippen LogP contribution in [-0.2, 0) is 0 Å². The van der Waals surface area contributed by atoms with Gasteiger partial charge in [-0.05, 0) is 42.0 Å². The molecule has 2 heterocycles. The quantitative estimate of drug-likeness (QED) is 0.283. The Balaban J connectivity index is 1.50. The van der Waals surface area contributed by atoms with E-state index < -0.39 is 0 Å². The van der Waals surface area contributed by atoms with Gasteiger partial charge in [0.2, 0.25) is 0 Å². The third-order valence-electron chi connectivity index (χ3n) is 6.56. The number of para-hydroxylation sites is 2. The van der Waals surface area contributed by atoms with E-state index >= 15 is 0 Å².